The SMILES string of the molecule is CC(C(=O)Oc1ccc2cc(C(=O)NCc3ccccc3)c(=O)oc2c1)N1C(=O)c2ccccc2C1=O. The molecule has 4 aromatic rings. The Labute approximate surface area is 210 Å². The summed E-state index contributed by atoms with van der Waals surface area (Å²) in [6.07, 6.45) is 0. The molecule has 0 fully saturated rings. The van der Waals surface area contributed by atoms with Crippen LogP contribution in [0.2, 0.25) is 0 Å². The smallest absolute Gasteiger partial charge is 0.349 e. The summed E-state index contributed by atoms with van der Waals surface area (Å²) in [5, 5.41) is 3.13. The van der Waals surface area contributed by atoms with Gasteiger partial charge < -0.3 is 14.5 Å². The first-order valence-electron chi connectivity index (χ1n) is 11.4. The molecule has 0 saturated carbocycles. The highest BCUT2D eigenvalue weighted by Crippen LogP contribution is 2.26. The summed E-state index contributed by atoms with van der Waals surface area (Å²) in [6, 6.07) is 20.1. The molecule has 9 heteroatoms. The van der Waals surface area contributed by atoms with Crippen molar-refractivity contribution in [3.63, 3.8) is 0 Å². The van der Waals surface area contributed by atoms with Crippen LogP contribution in [-0.4, -0.2) is 34.6 Å². The topological polar surface area (TPSA) is 123 Å². The quantitative estimate of drug-likeness (QED) is 0.188. The normalized spacial score (nSPS) is 13.4. The van der Waals surface area contributed by atoms with Crippen LogP contribution in [0.3, 0.4) is 0 Å². The van der Waals surface area contributed by atoms with E-state index in [1.807, 2.05) is 30.3 Å². The van der Waals surface area contributed by atoms with E-state index in [0.717, 1.165) is 10.5 Å². The average molecular weight is 496 g/mol. The van der Waals surface area contributed by atoms with Crippen LogP contribution in [0, 0.1) is 0 Å². The second-order valence-corrected chi connectivity index (χ2v) is 8.44. The minimum absolute atomic E-state index is 0.0467. The van der Waals surface area contributed by atoms with E-state index in [4.69, 9.17) is 9.15 Å². The highest BCUT2D eigenvalue weighted by molar-refractivity contribution is 6.22. The van der Waals surface area contributed by atoms with Gasteiger partial charge in [0.05, 0.1) is 11.1 Å². The van der Waals surface area contributed by atoms with Gasteiger partial charge in [-0.15, -0.1) is 0 Å². The number of hydrogen-bond donors (Lipinski definition) is 1. The summed E-state index contributed by atoms with van der Waals surface area (Å²) in [7, 11) is 0. The van der Waals surface area contributed by atoms with Gasteiger partial charge in [0, 0.05) is 18.0 Å². The van der Waals surface area contributed by atoms with Crippen molar-refractivity contribution in [1.82, 2.24) is 10.2 Å². The Morgan fingerprint density at radius 2 is 1.54 bits per heavy atom. The average Bonchev–Trinajstić information content (AvgIpc) is 3.16. The van der Waals surface area contributed by atoms with Crippen molar-refractivity contribution in [2.24, 2.45) is 0 Å². The molecule has 1 atom stereocenters. The molecular weight excluding hydrogens is 476 g/mol. The first-order valence-corrected chi connectivity index (χ1v) is 11.4. The fraction of sp³-hybridized carbons (Fsp3) is 0.107. The number of amides is 3. The number of hydrogen-bond acceptors (Lipinski definition) is 7. The van der Waals surface area contributed by atoms with Crippen LogP contribution in [0.1, 0.15) is 43.6 Å². The van der Waals surface area contributed by atoms with Crippen molar-refractivity contribution < 1.29 is 28.3 Å². The lowest BCUT2D eigenvalue weighted by molar-refractivity contribution is -0.138. The van der Waals surface area contributed by atoms with E-state index < -0.39 is 35.4 Å². The Bertz CT molecular complexity index is 1590. The van der Waals surface area contributed by atoms with Crippen molar-refractivity contribution in [3.8, 4) is 5.75 Å². The van der Waals surface area contributed by atoms with Crippen LogP contribution in [0.5, 0.6) is 5.75 Å². The third kappa shape index (κ3) is 4.50. The van der Waals surface area contributed by atoms with Crippen LogP contribution in [0.25, 0.3) is 11.0 Å². The van der Waals surface area contributed by atoms with Crippen molar-refractivity contribution >= 4 is 34.7 Å². The van der Waals surface area contributed by atoms with E-state index >= 15 is 0 Å². The zero-order chi connectivity index (χ0) is 26.1. The van der Waals surface area contributed by atoms with Gasteiger partial charge in [0.15, 0.2) is 0 Å². The number of carbonyl (C=O) groups is 4. The van der Waals surface area contributed by atoms with E-state index in [2.05, 4.69) is 5.32 Å². The molecule has 3 amide bonds. The second kappa shape index (κ2) is 9.54. The number of rotatable bonds is 6. The lowest BCUT2D eigenvalue weighted by Crippen LogP contribution is -2.44. The molecule has 0 bridgehead atoms. The first kappa shape index (κ1) is 23.7. The number of nitrogens with one attached hydrogen (secondary N) is 1. The number of benzene rings is 3. The number of fused-ring (bicyclic) bond motifs is 2. The number of imide groups is 1. The molecule has 37 heavy (non-hydrogen) atoms. The molecular formula is C28H20N2O7. The summed E-state index contributed by atoms with van der Waals surface area (Å²) >= 11 is 0. The van der Waals surface area contributed by atoms with E-state index in [9.17, 15) is 24.0 Å². The Balaban J connectivity index is 1.30. The zero-order valence-electron chi connectivity index (χ0n) is 19.6. The fourth-order valence-corrected chi connectivity index (χ4v) is 4.05. The summed E-state index contributed by atoms with van der Waals surface area (Å²) in [6.45, 7) is 1.64. The molecule has 184 valence electrons. The Morgan fingerprint density at radius 3 is 2.22 bits per heavy atom. The molecule has 1 aliphatic rings. The maximum Gasteiger partial charge on any atom is 0.349 e. The number of nitrogens with zero attached hydrogens (tertiary/aromatic N) is 1. The third-order valence-corrected chi connectivity index (χ3v) is 6.02. The van der Waals surface area contributed by atoms with E-state index in [0.29, 0.717) is 5.39 Å². The van der Waals surface area contributed by atoms with Crippen LogP contribution < -0.4 is 15.7 Å². The minimum atomic E-state index is -1.19. The molecule has 0 spiro atoms. The molecule has 1 unspecified atom stereocenters. The van der Waals surface area contributed by atoms with Crippen LogP contribution >= 0.6 is 0 Å². The van der Waals surface area contributed by atoms with E-state index in [1.165, 1.54) is 43.3 Å². The molecule has 0 aliphatic carbocycles. The zero-order valence-corrected chi connectivity index (χ0v) is 19.6. The number of carbonyl (C=O) groups excluding carboxylic acids is 4. The molecule has 0 saturated heterocycles. The van der Waals surface area contributed by atoms with Crippen LogP contribution in [0.4, 0.5) is 0 Å². The lowest BCUT2D eigenvalue weighted by Gasteiger charge is -2.20. The lowest BCUT2D eigenvalue weighted by atomic mass is 10.1. The van der Waals surface area contributed by atoms with Crippen molar-refractivity contribution in [2.75, 3.05) is 0 Å². The van der Waals surface area contributed by atoms with Gasteiger partial charge in [-0.25, -0.2) is 9.59 Å². The van der Waals surface area contributed by atoms with Gasteiger partial charge in [-0.05, 0) is 42.8 Å². The Kier molecular flexibility index (Phi) is 6.10. The van der Waals surface area contributed by atoms with Gasteiger partial charge >= 0.3 is 11.6 Å². The molecule has 1 aliphatic heterocycles. The summed E-state index contributed by atoms with van der Waals surface area (Å²) in [5.41, 5.74) is 0.422. The molecule has 2 heterocycles. The molecule has 5 rings (SSSR count). The van der Waals surface area contributed by atoms with Crippen molar-refractivity contribution in [1.29, 1.82) is 0 Å². The van der Waals surface area contributed by atoms with Crippen molar-refractivity contribution in [2.45, 2.75) is 19.5 Å². The molecule has 0 radical (unpaired) electrons. The number of ether oxygens (including phenoxy) is 1. The van der Waals surface area contributed by atoms with Gasteiger partial charge in [-0.2, -0.15) is 0 Å². The van der Waals surface area contributed by atoms with E-state index in [-0.39, 0.29) is 34.6 Å². The van der Waals surface area contributed by atoms with Gasteiger partial charge in [0.1, 0.15) is 22.9 Å². The Hall–Kier alpha value is -5.05. The monoisotopic (exact) mass is 496 g/mol. The predicted molar refractivity (Wildman–Crippen MR) is 132 cm³/mol. The van der Waals surface area contributed by atoms with Gasteiger partial charge in [-0.1, -0.05) is 42.5 Å². The summed E-state index contributed by atoms with van der Waals surface area (Å²) in [5.74, 6) is -2.52. The highest BCUT2D eigenvalue weighted by atomic mass is 16.5. The maximum absolute atomic E-state index is 12.8. The first-order chi connectivity index (χ1) is 17.8. The summed E-state index contributed by atoms with van der Waals surface area (Å²) < 4.78 is 10.7. The standard InChI is InChI=1S/C28H20N2O7/c1-16(30-25(32)20-9-5-6-10-21(20)26(30)33)27(34)36-19-12-11-18-13-22(28(35)37-23(18)14-19)24(31)29-15-17-7-3-2-4-8-17/h2-14,16H,15H2,1H3,(H,29,31). The molecule has 9 nitrogen and oxygen atoms in total. The Morgan fingerprint density at radius 1 is 0.892 bits per heavy atom. The molecule has 1 N–H and O–H groups in total. The van der Waals surface area contributed by atoms with Gasteiger partial charge in [0.25, 0.3) is 17.7 Å². The van der Waals surface area contributed by atoms with Gasteiger partial charge in [-0.3, -0.25) is 19.3 Å². The van der Waals surface area contributed by atoms with E-state index in [1.54, 1.807) is 12.1 Å². The highest BCUT2D eigenvalue weighted by Gasteiger charge is 2.41. The largest absolute Gasteiger partial charge is 0.425 e. The van der Waals surface area contributed by atoms with Crippen LogP contribution in [-0.2, 0) is 11.3 Å². The summed E-state index contributed by atoms with van der Waals surface area (Å²) in [4.78, 5) is 63.9. The third-order valence-electron chi connectivity index (χ3n) is 6.02. The maximum atomic E-state index is 12.8. The van der Waals surface area contributed by atoms with Crippen molar-refractivity contribution in [3.05, 3.63) is 112 Å². The molecule has 3 aromatic carbocycles. The fourth-order valence-electron chi connectivity index (χ4n) is 4.05. The molecule has 1 aromatic heterocycles. The number of esters is 1. The van der Waals surface area contributed by atoms with Crippen LogP contribution in [0.15, 0.2) is 88.1 Å². The van der Waals surface area contributed by atoms with Gasteiger partial charge in [0.2, 0.25) is 0 Å². The predicted octanol–water partition coefficient (Wildman–Crippen LogP) is 3.31. The second-order valence-electron chi connectivity index (χ2n) is 8.44. The minimum Gasteiger partial charge on any atom is -0.425 e.